The van der Waals surface area contributed by atoms with Crippen LogP contribution in [0, 0.1) is 5.92 Å². The van der Waals surface area contributed by atoms with Crippen molar-refractivity contribution in [1.29, 1.82) is 0 Å². The first kappa shape index (κ1) is 22.4. The molecule has 0 N–H and O–H groups in total. The predicted octanol–water partition coefficient (Wildman–Crippen LogP) is 1.63. The minimum atomic E-state index is -0.931. The lowest BCUT2D eigenvalue weighted by Gasteiger charge is -2.30. The van der Waals surface area contributed by atoms with E-state index in [9.17, 15) is 19.2 Å². The van der Waals surface area contributed by atoms with Crippen LogP contribution in [0.2, 0.25) is 0 Å². The Labute approximate surface area is 147 Å². The van der Waals surface area contributed by atoms with E-state index in [0.29, 0.717) is 0 Å². The second-order valence-electron chi connectivity index (χ2n) is 6.46. The molecule has 0 radical (unpaired) electrons. The number of thioether (sulfide) groups is 1. The zero-order valence-corrected chi connectivity index (χ0v) is 16.2. The first-order valence-electron chi connectivity index (χ1n) is 7.62. The lowest BCUT2D eigenvalue weighted by molar-refractivity contribution is -0.163. The topological polar surface area (TPSA) is 90.0 Å². The van der Waals surface area contributed by atoms with Crippen LogP contribution in [0.4, 0.5) is 0 Å². The van der Waals surface area contributed by atoms with Crippen molar-refractivity contribution in [3.8, 4) is 0 Å². The number of methoxy groups -OCH3 is 1. The van der Waals surface area contributed by atoms with Crippen LogP contribution in [-0.4, -0.2) is 58.9 Å². The second-order valence-corrected chi connectivity index (χ2v) is 7.65. The van der Waals surface area contributed by atoms with Crippen molar-refractivity contribution >= 4 is 34.7 Å². The molecule has 2 atom stereocenters. The molecule has 0 saturated carbocycles. The molecule has 0 aromatic rings. The fourth-order valence-electron chi connectivity index (χ4n) is 1.81. The summed E-state index contributed by atoms with van der Waals surface area (Å²) in [5, 5.41) is -0.102. The van der Waals surface area contributed by atoms with Crippen LogP contribution in [0.3, 0.4) is 0 Å². The third-order valence-electron chi connectivity index (χ3n) is 2.97. The summed E-state index contributed by atoms with van der Waals surface area (Å²) in [6.45, 7) is 9.33. The Kier molecular flexibility index (Phi) is 9.03. The van der Waals surface area contributed by atoms with E-state index in [1.54, 1.807) is 27.7 Å². The highest BCUT2D eigenvalue weighted by atomic mass is 32.2. The van der Waals surface area contributed by atoms with E-state index in [1.807, 2.05) is 0 Å². The van der Waals surface area contributed by atoms with E-state index in [-0.39, 0.29) is 17.4 Å². The molecule has 0 aromatic heterocycles. The van der Waals surface area contributed by atoms with Crippen LogP contribution in [0.1, 0.15) is 41.5 Å². The van der Waals surface area contributed by atoms with E-state index in [1.165, 1.54) is 21.0 Å². The van der Waals surface area contributed by atoms with E-state index < -0.39 is 35.4 Å². The minimum absolute atomic E-state index is 0.102. The number of rotatable bonds is 7. The van der Waals surface area contributed by atoms with Crippen LogP contribution >= 0.6 is 11.8 Å². The van der Waals surface area contributed by atoms with Crippen LogP contribution in [-0.2, 0) is 28.7 Å². The van der Waals surface area contributed by atoms with Gasteiger partial charge in [0.1, 0.15) is 18.2 Å². The average Bonchev–Trinajstić information content (AvgIpc) is 2.46. The molecule has 0 heterocycles. The summed E-state index contributed by atoms with van der Waals surface area (Å²) in [7, 11) is 1.21. The fourth-order valence-corrected chi connectivity index (χ4v) is 2.44. The number of hydrogen-bond acceptors (Lipinski definition) is 7. The van der Waals surface area contributed by atoms with Gasteiger partial charge in [0, 0.05) is 18.6 Å². The summed E-state index contributed by atoms with van der Waals surface area (Å²) < 4.78 is 9.87. The molecule has 0 aliphatic carbocycles. The third kappa shape index (κ3) is 8.33. The molecule has 0 aliphatic heterocycles. The van der Waals surface area contributed by atoms with Gasteiger partial charge in [-0.2, -0.15) is 0 Å². The fraction of sp³-hybridized carbons (Fsp3) is 0.750. The Hall–Kier alpha value is -1.57. The Bertz CT molecular complexity index is 485. The molecule has 138 valence electrons. The summed E-state index contributed by atoms with van der Waals surface area (Å²) in [6.07, 6.45) is 0. The maximum atomic E-state index is 12.6. The number of carbonyl (C=O) groups excluding carboxylic acids is 4. The number of carbonyl (C=O) groups is 4. The maximum absolute atomic E-state index is 12.6. The summed E-state index contributed by atoms with van der Waals surface area (Å²) in [5.74, 6) is -1.91. The van der Waals surface area contributed by atoms with Crippen LogP contribution in [0.15, 0.2) is 0 Å². The molecule has 1 amide bonds. The van der Waals surface area contributed by atoms with Crippen molar-refractivity contribution in [2.45, 2.75) is 53.2 Å². The summed E-state index contributed by atoms with van der Waals surface area (Å²) in [5.41, 5.74) is -0.698. The van der Waals surface area contributed by atoms with Gasteiger partial charge in [0.2, 0.25) is 5.91 Å². The number of nitrogens with zero attached hydrogens (tertiary/aromatic N) is 1. The summed E-state index contributed by atoms with van der Waals surface area (Å²) in [6, 6.07) is -0.931. The van der Waals surface area contributed by atoms with Crippen LogP contribution in [0.25, 0.3) is 0 Å². The molecule has 8 heteroatoms. The van der Waals surface area contributed by atoms with Gasteiger partial charge in [-0.15, -0.1) is 0 Å². The van der Waals surface area contributed by atoms with Crippen molar-refractivity contribution < 1.29 is 28.7 Å². The quantitative estimate of drug-likeness (QED) is 0.637. The second kappa shape index (κ2) is 9.66. The largest absolute Gasteiger partial charge is 0.467 e. The van der Waals surface area contributed by atoms with Gasteiger partial charge >= 0.3 is 11.9 Å². The van der Waals surface area contributed by atoms with Crippen molar-refractivity contribution in [2.75, 3.05) is 19.4 Å². The van der Waals surface area contributed by atoms with Crippen LogP contribution < -0.4 is 0 Å². The van der Waals surface area contributed by atoms with E-state index >= 15 is 0 Å². The van der Waals surface area contributed by atoms with E-state index in [2.05, 4.69) is 4.74 Å². The molecule has 0 spiro atoms. The maximum Gasteiger partial charge on any atom is 0.328 e. The molecule has 0 fully saturated rings. The molecule has 24 heavy (non-hydrogen) atoms. The third-order valence-corrected chi connectivity index (χ3v) is 4.04. The normalized spacial score (nSPS) is 13.6. The minimum Gasteiger partial charge on any atom is -0.467 e. The van der Waals surface area contributed by atoms with Crippen molar-refractivity contribution in [3.05, 3.63) is 0 Å². The highest BCUT2D eigenvalue weighted by Gasteiger charge is 2.32. The average molecular weight is 361 g/mol. The smallest absolute Gasteiger partial charge is 0.328 e. The number of esters is 2. The zero-order chi connectivity index (χ0) is 19.1. The van der Waals surface area contributed by atoms with Crippen molar-refractivity contribution in [1.82, 2.24) is 4.90 Å². The number of ether oxygens (including phenoxy) is 2. The first-order valence-corrected chi connectivity index (χ1v) is 8.61. The molecule has 0 bridgehead atoms. The first-order chi connectivity index (χ1) is 10.9. The molecule has 0 aromatic carbocycles. The monoisotopic (exact) mass is 361 g/mol. The van der Waals surface area contributed by atoms with E-state index in [0.717, 1.165) is 16.7 Å². The molecule has 0 aliphatic rings. The summed E-state index contributed by atoms with van der Waals surface area (Å²) >= 11 is 1.02. The zero-order valence-electron chi connectivity index (χ0n) is 15.4. The molecular formula is C16H27NO6S. The van der Waals surface area contributed by atoms with Crippen LogP contribution in [0.5, 0.6) is 0 Å². The van der Waals surface area contributed by atoms with Gasteiger partial charge in [-0.3, -0.25) is 14.4 Å². The Balaban J connectivity index is 5.18. The lowest BCUT2D eigenvalue weighted by Crippen LogP contribution is -2.49. The van der Waals surface area contributed by atoms with Crippen molar-refractivity contribution in [2.24, 2.45) is 5.92 Å². The predicted molar refractivity (Wildman–Crippen MR) is 91.3 cm³/mol. The standard InChI is InChI=1S/C16H27NO6S/c1-10(9-24-12(3)18)14(20)17(11(2)15(21)22-7)8-13(19)23-16(4,5)6/h10-11H,8-9H2,1-7H3/t10?,11-/m0/s1. The molecule has 1 unspecified atom stereocenters. The van der Waals surface area contributed by atoms with Gasteiger partial charge in [-0.25, -0.2) is 4.79 Å². The summed E-state index contributed by atoms with van der Waals surface area (Å²) in [4.78, 5) is 48.6. The number of amides is 1. The van der Waals surface area contributed by atoms with Crippen molar-refractivity contribution in [3.63, 3.8) is 0 Å². The highest BCUT2D eigenvalue weighted by molar-refractivity contribution is 8.13. The SMILES string of the molecule is COC(=O)[C@H](C)N(CC(=O)OC(C)(C)C)C(=O)C(C)CSC(C)=O. The molecule has 7 nitrogen and oxygen atoms in total. The van der Waals surface area contributed by atoms with Gasteiger partial charge in [-0.05, 0) is 27.7 Å². The lowest BCUT2D eigenvalue weighted by atomic mass is 10.1. The van der Waals surface area contributed by atoms with Gasteiger partial charge in [-0.1, -0.05) is 18.7 Å². The van der Waals surface area contributed by atoms with Gasteiger partial charge in [0.15, 0.2) is 5.12 Å². The highest BCUT2D eigenvalue weighted by Crippen LogP contribution is 2.16. The van der Waals surface area contributed by atoms with E-state index in [4.69, 9.17) is 4.74 Å². The molecule has 0 rings (SSSR count). The Morgan fingerprint density at radius 1 is 1.12 bits per heavy atom. The van der Waals surface area contributed by atoms with Gasteiger partial charge in [0.05, 0.1) is 7.11 Å². The Morgan fingerprint density at radius 3 is 2.08 bits per heavy atom. The number of hydrogen-bond donors (Lipinski definition) is 0. The van der Waals surface area contributed by atoms with Gasteiger partial charge in [0.25, 0.3) is 0 Å². The Morgan fingerprint density at radius 2 is 1.67 bits per heavy atom. The van der Waals surface area contributed by atoms with Gasteiger partial charge < -0.3 is 14.4 Å². The molecular weight excluding hydrogens is 334 g/mol. The molecule has 0 saturated heterocycles.